The lowest BCUT2D eigenvalue weighted by molar-refractivity contribution is -0.164. The highest BCUT2D eigenvalue weighted by molar-refractivity contribution is 7.92. The maximum atomic E-state index is 13.1. The van der Waals surface area contributed by atoms with Crippen molar-refractivity contribution >= 4 is 27.5 Å². The Labute approximate surface area is 185 Å². The van der Waals surface area contributed by atoms with Crippen molar-refractivity contribution in [3.63, 3.8) is 0 Å². The maximum Gasteiger partial charge on any atom is 0.261 e. The van der Waals surface area contributed by atoms with E-state index in [-0.39, 0.29) is 29.6 Å². The van der Waals surface area contributed by atoms with Crippen molar-refractivity contribution in [3.8, 4) is 0 Å². The van der Waals surface area contributed by atoms with Crippen LogP contribution in [0.1, 0.15) is 11.7 Å². The summed E-state index contributed by atoms with van der Waals surface area (Å²) in [5, 5.41) is 9.90. The van der Waals surface area contributed by atoms with E-state index in [1.807, 2.05) is 0 Å². The molecular formula is C21H24FN3O6S. The number of carbonyl (C=O) groups excluding carboxylic acids is 2. The number of carbonyl (C=O) groups is 2. The zero-order chi connectivity index (χ0) is 23.5. The number of likely N-dealkylation sites (N-methyl/N-ethyl adjacent to an activating group) is 1. The van der Waals surface area contributed by atoms with E-state index in [1.54, 1.807) is 26.2 Å². The molecule has 2 amide bonds. The Bertz CT molecular complexity index is 1070. The van der Waals surface area contributed by atoms with Crippen LogP contribution in [0.15, 0.2) is 53.4 Å². The average molecular weight is 466 g/mol. The minimum atomic E-state index is -3.90. The van der Waals surface area contributed by atoms with Crippen molar-refractivity contribution in [2.45, 2.75) is 17.0 Å². The van der Waals surface area contributed by atoms with Gasteiger partial charge in [0.1, 0.15) is 25.1 Å². The van der Waals surface area contributed by atoms with Gasteiger partial charge in [-0.3, -0.25) is 14.3 Å². The van der Waals surface area contributed by atoms with Crippen LogP contribution < -0.4 is 4.72 Å². The summed E-state index contributed by atoms with van der Waals surface area (Å²) in [4.78, 5) is 26.9. The number of amides is 2. The number of hydrogen-bond acceptors (Lipinski definition) is 6. The maximum absolute atomic E-state index is 13.1. The zero-order valence-corrected chi connectivity index (χ0v) is 18.4. The number of nitrogens with zero attached hydrogens (tertiary/aromatic N) is 2. The molecule has 3 rings (SSSR count). The largest absolute Gasteiger partial charge is 0.394 e. The van der Waals surface area contributed by atoms with Crippen molar-refractivity contribution in [2.75, 3.05) is 38.6 Å². The molecule has 1 aliphatic rings. The van der Waals surface area contributed by atoms with E-state index in [9.17, 15) is 27.5 Å². The molecule has 0 radical (unpaired) electrons. The van der Waals surface area contributed by atoms with E-state index in [2.05, 4.69) is 4.72 Å². The molecule has 1 saturated heterocycles. The summed E-state index contributed by atoms with van der Waals surface area (Å²) in [6.07, 6.45) is -0.699. The van der Waals surface area contributed by atoms with Crippen LogP contribution in [-0.4, -0.2) is 75.0 Å². The minimum Gasteiger partial charge on any atom is -0.394 e. The molecule has 2 atom stereocenters. The number of rotatable bonds is 7. The molecule has 1 aliphatic heterocycles. The molecular weight excluding hydrogens is 441 g/mol. The van der Waals surface area contributed by atoms with Crippen molar-refractivity contribution in [1.82, 2.24) is 9.80 Å². The Morgan fingerprint density at radius 1 is 1.19 bits per heavy atom. The molecule has 11 heteroatoms. The minimum absolute atomic E-state index is 0.0846. The second-order valence-electron chi connectivity index (χ2n) is 7.47. The predicted octanol–water partition coefficient (Wildman–Crippen LogP) is 0.975. The number of ether oxygens (including phenoxy) is 1. The summed E-state index contributed by atoms with van der Waals surface area (Å²) in [7, 11) is -0.756. The summed E-state index contributed by atoms with van der Waals surface area (Å²) in [5.74, 6) is -1.23. The van der Waals surface area contributed by atoms with Gasteiger partial charge in [-0.05, 0) is 42.0 Å². The SMILES string of the molecule is CN(C)C(=O)CN1C(=O)COC(c2ccc(NS(=O)(=O)c3ccc(F)cc3)cc2)C1CO. The molecule has 0 aliphatic carbocycles. The first kappa shape index (κ1) is 23.6. The highest BCUT2D eigenvalue weighted by atomic mass is 32.2. The summed E-state index contributed by atoms with van der Waals surface area (Å²) in [6.45, 7) is -0.858. The fourth-order valence-electron chi connectivity index (χ4n) is 3.28. The molecule has 2 N–H and O–H groups in total. The Morgan fingerprint density at radius 2 is 1.81 bits per heavy atom. The normalized spacial score (nSPS) is 19.0. The fraction of sp³-hybridized carbons (Fsp3) is 0.333. The van der Waals surface area contributed by atoms with E-state index < -0.39 is 40.5 Å². The van der Waals surface area contributed by atoms with Crippen LogP contribution in [0.5, 0.6) is 0 Å². The number of anilines is 1. The van der Waals surface area contributed by atoms with Crippen LogP contribution in [0.25, 0.3) is 0 Å². The van der Waals surface area contributed by atoms with Crippen molar-refractivity contribution in [3.05, 3.63) is 59.9 Å². The first-order valence-electron chi connectivity index (χ1n) is 9.73. The van der Waals surface area contributed by atoms with Crippen LogP contribution in [0.4, 0.5) is 10.1 Å². The first-order valence-corrected chi connectivity index (χ1v) is 11.2. The van der Waals surface area contributed by atoms with Gasteiger partial charge in [-0.25, -0.2) is 12.8 Å². The molecule has 2 aromatic rings. The standard InChI is InChI=1S/C21H24FN3O6S/c1-24(2)19(27)11-25-18(12-26)21(31-13-20(25)28)14-3-7-16(8-4-14)23-32(29,30)17-9-5-15(22)6-10-17/h3-10,18,21,23,26H,11-13H2,1-2H3. The number of aliphatic hydroxyl groups is 1. The molecule has 0 bridgehead atoms. The molecule has 2 aromatic carbocycles. The molecule has 172 valence electrons. The van der Waals surface area contributed by atoms with Gasteiger partial charge in [-0.2, -0.15) is 0 Å². The van der Waals surface area contributed by atoms with Crippen LogP contribution >= 0.6 is 0 Å². The van der Waals surface area contributed by atoms with Crippen molar-refractivity contribution in [2.24, 2.45) is 0 Å². The van der Waals surface area contributed by atoms with Gasteiger partial charge in [0.05, 0.1) is 17.5 Å². The smallest absolute Gasteiger partial charge is 0.261 e. The predicted molar refractivity (Wildman–Crippen MR) is 114 cm³/mol. The van der Waals surface area contributed by atoms with Gasteiger partial charge < -0.3 is 19.6 Å². The Morgan fingerprint density at radius 3 is 2.38 bits per heavy atom. The molecule has 0 aromatic heterocycles. The Balaban J connectivity index is 1.77. The van der Waals surface area contributed by atoms with Gasteiger partial charge in [0.25, 0.3) is 10.0 Å². The average Bonchev–Trinajstić information content (AvgIpc) is 2.75. The van der Waals surface area contributed by atoms with Gasteiger partial charge in [-0.15, -0.1) is 0 Å². The van der Waals surface area contributed by atoms with E-state index in [0.29, 0.717) is 5.56 Å². The van der Waals surface area contributed by atoms with E-state index in [0.717, 1.165) is 24.3 Å². The number of halogens is 1. The second-order valence-corrected chi connectivity index (χ2v) is 9.16. The Kier molecular flexibility index (Phi) is 7.12. The van der Waals surface area contributed by atoms with Crippen molar-refractivity contribution in [1.29, 1.82) is 0 Å². The first-order chi connectivity index (χ1) is 15.1. The quantitative estimate of drug-likeness (QED) is 0.630. The summed E-state index contributed by atoms with van der Waals surface area (Å²) < 4.78 is 46.0. The van der Waals surface area contributed by atoms with Gasteiger partial charge >= 0.3 is 0 Å². The molecule has 2 unspecified atom stereocenters. The van der Waals surface area contributed by atoms with Crippen LogP contribution in [0.2, 0.25) is 0 Å². The highest BCUT2D eigenvalue weighted by Gasteiger charge is 2.38. The molecule has 1 fully saturated rings. The molecule has 1 heterocycles. The van der Waals surface area contributed by atoms with E-state index >= 15 is 0 Å². The number of hydrogen-bond donors (Lipinski definition) is 2. The highest BCUT2D eigenvalue weighted by Crippen LogP contribution is 2.30. The lowest BCUT2D eigenvalue weighted by atomic mass is 9.99. The lowest BCUT2D eigenvalue weighted by Crippen LogP contribution is -2.55. The van der Waals surface area contributed by atoms with Gasteiger partial charge in [0, 0.05) is 19.8 Å². The monoisotopic (exact) mass is 465 g/mol. The van der Waals surface area contributed by atoms with Crippen molar-refractivity contribution < 1.29 is 32.2 Å². The second kappa shape index (κ2) is 9.63. The summed E-state index contributed by atoms with van der Waals surface area (Å²) >= 11 is 0. The van der Waals surface area contributed by atoms with E-state index in [4.69, 9.17) is 4.74 Å². The van der Waals surface area contributed by atoms with Gasteiger partial charge in [0.15, 0.2) is 0 Å². The van der Waals surface area contributed by atoms with Crippen LogP contribution in [-0.2, 0) is 24.3 Å². The summed E-state index contributed by atoms with van der Waals surface area (Å²) in [5.41, 5.74) is 0.869. The van der Waals surface area contributed by atoms with Crippen LogP contribution in [0, 0.1) is 5.82 Å². The third-order valence-corrected chi connectivity index (χ3v) is 6.46. The number of nitrogens with one attached hydrogen (secondary N) is 1. The lowest BCUT2D eigenvalue weighted by Gasteiger charge is -2.40. The fourth-order valence-corrected chi connectivity index (χ4v) is 4.34. The molecule has 32 heavy (non-hydrogen) atoms. The van der Waals surface area contributed by atoms with Crippen LogP contribution in [0.3, 0.4) is 0 Å². The van der Waals surface area contributed by atoms with Gasteiger partial charge in [-0.1, -0.05) is 12.1 Å². The summed E-state index contributed by atoms with van der Waals surface area (Å²) in [6, 6.07) is 9.90. The number of benzene rings is 2. The Hall–Kier alpha value is -3.02. The molecule has 9 nitrogen and oxygen atoms in total. The van der Waals surface area contributed by atoms with Gasteiger partial charge in [0.2, 0.25) is 11.8 Å². The van der Waals surface area contributed by atoms with E-state index in [1.165, 1.54) is 21.9 Å². The number of morpholine rings is 1. The number of aliphatic hydroxyl groups excluding tert-OH is 1. The number of sulfonamides is 1. The third-order valence-electron chi connectivity index (χ3n) is 5.06. The topological polar surface area (TPSA) is 116 Å². The molecule has 0 spiro atoms. The third kappa shape index (κ3) is 5.23. The zero-order valence-electron chi connectivity index (χ0n) is 17.6. The molecule has 0 saturated carbocycles.